The molecule has 1 aromatic heterocycles. The molecule has 2 aromatic rings. The van der Waals surface area contributed by atoms with Crippen LogP contribution >= 0.6 is 11.6 Å². The minimum absolute atomic E-state index is 0.0737. The highest BCUT2D eigenvalue weighted by Gasteiger charge is 2.59. The highest BCUT2D eigenvalue weighted by molar-refractivity contribution is 6.30. The first kappa shape index (κ1) is 25.3. The highest BCUT2D eigenvalue weighted by atomic mass is 35.5. The smallest absolute Gasteiger partial charge is 0.237 e. The van der Waals surface area contributed by atoms with Gasteiger partial charge in [0.15, 0.2) is 0 Å². The number of benzene rings is 1. The summed E-state index contributed by atoms with van der Waals surface area (Å²) in [5.74, 6) is 1.00. The van der Waals surface area contributed by atoms with Crippen LogP contribution in [-0.2, 0) is 21.4 Å². The van der Waals surface area contributed by atoms with Gasteiger partial charge in [0.05, 0.1) is 11.1 Å². The van der Waals surface area contributed by atoms with Gasteiger partial charge in [-0.05, 0) is 91.2 Å². The van der Waals surface area contributed by atoms with Gasteiger partial charge < -0.3 is 11.1 Å². The molecule has 192 valence electrons. The van der Waals surface area contributed by atoms with Crippen molar-refractivity contribution in [1.29, 1.82) is 0 Å². The Morgan fingerprint density at radius 1 is 1.17 bits per heavy atom. The number of hydrogen-bond donors (Lipinski definition) is 2. The lowest BCUT2D eigenvalue weighted by atomic mass is 9.44. The molecular formula is C29H35ClFN3O2. The van der Waals surface area contributed by atoms with Gasteiger partial charge in [-0.1, -0.05) is 31.5 Å². The maximum Gasteiger partial charge on any atom is 0.237 e. The first-order chi connectivity index (χ1) is 17.1. The van der Waals surface area contributed by atoms with E-state index in [1.54, 1.807) is 24.5 Å². The Bertz CT molecular complexity index is 1140. The van der Waals surface area contributed by atoms with E-state index in [1.165, 1.54) is 6.07 Å². The van der Waals surface area contributed by atoms with E-state index in [0.717, 1.165) is 43.2 Å². The molecule has 0 radical (unpaired) electrons. The van der Waals surface area contributed by atoms with Gasteiger partial charge in [-0.3, -0.25) is 14.6 Å². The fourth-order valence-electron chi connectivity index (χ4n) is 7.48. The standard InChI is InChI=1S/C29H35ClFN3O2/c1-28(2,21-3-4-23(31)22(30)12-21)16-34-27(36)26(32)25-19-9-18-10-20(25)15-29(13-18,14-19)24(35)11-17-5-7-33-8-6-17/h3-8,12,18-20,25-26H,9-11,13-16,32H2,1-2H3,(H,34,36). The molecule has 1 aromatic carbocycles. The third kappa shape index (κ3) is 4.70. The van der Waals surface area contributed by atoms with Gasteiger partial charge in [0.25, 0.3) is 0 Å². The van der Waals surface area contributed by atoms with Gasteiger partial charge in [0, 0.05) is 36.2 Å². The predicted octanol–water partition coefficient (Wildman–Crippen LogP) is 4.85. The fourth-order valence-corrected chi connectivity index (χ4v) is 7.67. The van der Waals surface area contributed by atoms with E-state index in [1.807, 2.05) is 26.0 Å². The summed E-state index contributed by atoms with van der Waals surface area (Å²) in [6.07, 6.45) is 8.72. The van der Waals surface area contributed by atoms with Crippen LogP contribution in [-0.4, -0.2) is 29.3 Å². The first-order valence-corrected chi connectivity index (χ1v) is 13.4. The van der Waals surface area contributed by atoms with Crippen LogP contribution in [0.3, 0.4) is 0 Å². The molecule has 4 bridgehead atoms. The Labute approximate surface area is 217 Å². The lowest BCUT2D eigenvalue weighted by molar-refractivity contribution is -0.153. The van der Waals surface area contributed by atoms with E-state index in [0.29, 0.717) is 36.5 Å². The van der Waals surface area contributed by atoms with Crippen molar-refractivity contribution in [1.82, 2.24) is 10.3 Å². The quantitative estimate of drug-likeness (QED) is 0.530. The van der Waals surface area contributed by atoms with Crippen molar-refractivity contribution >= 4 is 23.3 Å². The van der Waals surface area contributed by atoms with Crippen molar-refractivity contribution in [3.63, 3.8) is 0 Å². The van der Waals surface area contributed by atoms with Crippen molar-refractivity contribution in [2.75, 3.05) is 6.54 Å². The van der Waals surface area contributed by atoms with E-state index in [4.69, 9.17) is 17.3 Å². The summed E-state index contributed by atoms with van der Waals surface area (Å²) in [4.78, 5) is 30.8. The zero-order chi connectivity index (χ0) is 25.7. The molecule has 3 N–H and O–H groups in total. The minimum atomic E-state index is -0.597. The number of halogens is 2. The van der Waals surface area contributed by atoms with Crippen molar-refractivity contribution < 1.29 is 14.0 Å². The molecule has 3 unspecified atom stereocenters. The molecule has 3 atom stereocenters. The number of nitrogens with one attached hydrogen (secondary N) is 1. The maximum absolute atomic E-state index is 13.6. The van der Waals surface area contributed by atoms with Crippen molar-refractivity contribution in [2.45, 2.75) is 63.8 Å². The Morgan fingerprint density at radius 2 is 1.83 bits per heavy atom. The largest absolute Gasteiger partial charge is 0.354 e. The molecule has 0 spiro atoms. The number of carbonyl (C=O) groups excluding carboxylic acids is 2. The molecule has 1 heterocycles. The lowest BCUT2D eigenvalue weighted by Gasteiger charge is -2.60. The van der Waals surface area contributed by atoms with Gasteiger partial charge >= 0.3 is 0 Å². The van der Waals surface area contributed by atoms with E-state index >= 15 is 0 Å². The van der Waals surface area contributed by atoms with Crippen LogP contribution in [0.2, 0.25) is 5.02 Å². The van der Waals surface area contributed by atoms with Crippen LogP contribution in [0.1, 0.15) is 57.1 Å². The van der Waals surface area contributed by atoms with Gasteiger partial charge in [0.2, 0.25) is 5.91 Å². The number of carbonyl (C=O) groups is 2. The highest BCUT2D eigenvalue weighted by Crippen LogP contribution is 2.63. The molecule has 0 aliphatic heterocycles. The van der Waals surface area contributed by atoms with Crippen molar-refractivity contribution in [3.05, 3.63) is 64.7 Å². The van der Waals surface area contributed by atoms with Crippen molar-refractivity contribution in [2.24, 2.45) is 34.8 Å². The Kier molecular flexibility index (Phi) is 6.71. The first-order valence-electron chi connectivity index (χ1n) is 13.0. The van der Waals surface area contributed by atoms with E-state index in [9.17, 15) is 14.0 Å². The second-order valence-corrected chi connectivity index (χ2v) is 12.4. The maximum atomic E-state index is 13.6. The van der Waals surface area contributed by atoms with Crippen LogP contribution in [0.4, 0.5) is 4.39 Å². The molecule has 1 amide bonds. The lowest BCUT2D eigenvalue weighted by Crippen LogP contribution is -2.61. The number of aromatic nitrogens is 1. The Hall–Kier alpha value is -2.31. The molecule has 0 saturated heterocycles. The summed E-state index contributed by atoms with van der Waals surface area (Å²) in [6.45, 7) is 4.35. The van der Waals surface area contributed by atoms with Crippen LogP contribution in [0.15, 0.2) is 42.7 Å². The van der Waals surface area contributed by atoms with E-state index in [2.05, 4.69) is 10.3 Å². The van der Waals surface area contributed by atoms with Crippen LogP contribution in [0.25, 0.3) is 0 Å². The van der Waals surface area contributed by atoms with Gasteiger partial charge in [-0.25, -0.2) is 4.39 Å². The topological polar surface area (TPSA) is 85.1 Å². The molecule has 7 heteroatoms. The molecule has 4 fully saturated rings. The van der Waals surface area contributed by atoms with Gasteiger partial charge in [-0.15, -0.1) is 0 Å². The van der Waals surface area contributed by atoms with Crippen LogP contribution in [0.5, 0.6) is 0 Å². The van der Waals surface area contributed by atoms with Gasteiger partial charge in [-0.2, -0.15) is 0 Å². The summed E-state index contributed by atoms with van der Waals surface area (Å²) in [5.41, 5.74) is 7.80. The molecular weight excluding hydrogens is 477 g/mol. The summed E-state index contributed by atoms with van der Waals surface area (Å²) < 4.78 is 13.6. The fraction of sp³-hybridized carbons (Fsp3) is 0.552. The number of nitrogens with zero attached hydrogens (tertiary/aromatic N) is 1. The normalized spacial score (nSPS) is 29.7. The summed E-state index contributed by atoms with van der Waals surface area (Å²) in [6, 6.07) is 7.91. The number of nitrogens with two attached hydrogens (primary N) is 1. The SMILES string of the molecule is CC(C)(CNC(=O)C(N)C1C2CC3CC1CC(C(=O)Cc1ccncc1)(C3)C2)c1ccc(F)c(Cl)c1. The molecule has 6 rings (SSSR count). The number of rotatable bonds is 8. The molecule has 4 aliphatic carbocycles. The van der Waals surface area contributed by atoms with Gasteiger partial charge in [0.1, 0.15) is 11.6 Å². The Morgan fingerprint density at radius 3 is 2.47 bits per heavy atom. The Balaban J connectivity index is 1.24. The molecule has 4 saturated carbocycles. The second-order valence-electron chi connectivity index (χ2n) is 12.0. The second kappa shape index (κ2) is 9.53. The molecule has 36 heavy (non-hydrogen) atoms. The number of amides is 1. The van der Waals surface area contributed by atoms with Crippen LogP contribution < -0.4 is 11.1 Å². The molecule has 5 nitrogen and oxygen atoms in total. The van der Waals surface area contributed by atoms with Crippen molar-refractivity contribution in [3.8, 4) is 0 Å². The predicted molar refractivity (Wildman–Crippen MR) is 138 cm³/mol. The molecule has 4 aliphatic rings. The number of Topliss-reactive ketones (excluding diaryl/α,β-unsaturated/α-hetero) is 1. The minimum Gasteiger partial charge on any atom is -0.354 e. The number of hydrogen-bond acceptors (Lipinski definition) is 4. The van der Waals surface area contributed by atoms with E-state index < -0.39 is 17.3 Å². The van der Waals surface area contributed by atoms with E-state index in [-0.39, 0.29) is 22.3 Å². The summed E-state index contributed by atoms with van der Waals surface area (Å²) in [7, 11) is 0. The zero-order valence-electron chi connectivity index (χ0n) is 21.0. The third-order valence-electron chi connectivity index (χ3n) is 9.17. The average Bonchev–Trinajstić information content (AvgIpc) is 2.84. The summed E-state index contributed by atoms with van der Waals surface area (Å²) >= 11 is 5.97. The zero-order valence-corrected chi connectivity index (χ0v) is 21.7. The average molecular weight is 512 g/mol. The monoisotopic (exact) mass is 511 g/mol. The third-order valence-corrected chi connectivity index (χ3v) is 9.46. The number of ketones is 1. The number of pyridine rings is 1. The summed E-state index contributed by atoms with van der Waals surface area (Å²) in [5, 5.41) is 3.13. The van der Waals surface area contributed by atoms with Crippen LogP contribution in [0, 0.1) is 34.9 Å².